The molecule has 0 amide bonds. The SMILES string of the molecule is CCNc1ncnc(Oc2cc(Br)cc([N+](=O)[O-])c2)c1C. The predicted octanol–water partition coefficient (Wildman–Crippen LogP) is 3.68. The van der Waals surface area contributed by atoms with Crippen molar-refractivity contribution in [3.8, 4) is 11.6 Å². The fourth-order valence-electron chi connectivity index (χ4n) is 1.71. The molecule has 0 atom stereocenters. The van der Waals surface area contributed by atoms with Crippen molar-refractivity contribution in [3.05, 3.63) is 44.7 Å². The maximum absolute atomic E-state index is 10.9. The molecule has 0 spiro atoms. The molecule has 1 aromatic carbocycles. The number of anilines is 1. The molecule has 0 radical (unpaired) electrons. The van der Waals surface area contributed by atoms with Crippen LogP contribution in [0.4, 0.5) is 11.5 Å². The minimum atomic E-state index is -0.478. The van der Waals surface area contributed by atoms with Crippen molar-refractivity contribution in [2.75, 3.05) is 11.9 Å². The fraction of sp³-hybridized carbons (Fsp3) is 0.231. The van der Waals surface area contributed by atoms with E-state index in [1.165, 1.54) is 18.5 Å². The summed E-state index contributed by atoms with van der Waals surface area (Å²) in [7, 11) is 0. The van der Waals surface area contributed by atoms with Crippen LogP contribution in [-0.2, 0) is 0 Å². The van der Waals surface area contributed by atoms with Crippen molar-refractivity contribution >= 4 is 27.4 Å². The molecule has 0 fully saturated rings. The smallest absolute Gasteiger partial charge is 0.274 e. The van der Waals surface area contributed by atoms with E-state index < -0.39 is 4.92 Å². The standard InChI is InChI=1S/C13H13BrN4O3/c1-3-15-12-8(2)13(17-7-16-12)21-11-5-9(14)4-10(6-11)18(19)20/h4-7H,3H2,1-2H3,(H,15,16,17). The normalized spacial score (nSPS) is 10.2. The zero-order chi connectivity index (χ0) is 15.4. The summed E-state index contributed by atoms with van der Waals surface area (Å²) in [6, 6.07) is 4.39. The van der Waals surface area contributed by atoms with Crippen LogP contribution in [0.1, 0.15) is 12.5 Å². The molecule has 0 aliphatic rings. The lowest BCUT2D eigenvalue weighted by molar-refractivity contribution is -0.385. The average Bonchev–Trinajstić information content (AvgIpc) is 2.43. The second kappa shape index (κ2) is 6.49. The number of rotatable bonds is 5. The first-order chi connectivity index (χ1) is 10.0. The summed E-state index contributed by atoms with van der Waals surface area (Å²) in [5, 5.41) is 14.0. The van der Waals surface area contributed by atoms with E-state index in [0.29, 0.717) is 21.9 Å². The van der Waals surface area contributed by atoms with Gasteiger partial charge in [-0.15, -0.1) is 0 Å². The third-order valence-electron chi connectivity index (χ3n) is 2.66. The van der Waals surface area contributed by atoms with Crippen molar-refractivity contribution in [2.45, 2.75) is 13.8 Å². The number of halogens is 1. The second-order valence-corrected chi connectivity index (χ2v) is 5.10. The third-order valence-corrected chi connectivity index (χ3v) is 3.12. The molecule has 8 heteroatoms. The van der Waals surface area contributed by atoms with Crippen LogP contribution in [0.25, 0.3) is 0 Å². The fourth-order valence-corrected chi connectivity index (χ4v) is 2.17. The zero-order valence-corrected chi connectivity index (χ0v) is 13.0. The Bertz CT molecular complexity index is 678. The lowest BCUT2D eigenvalue weighted by Crippen LogP contribution is -2.03. The molecule has 0 unspecified atom stereocenters. The summed E-state index contributed by atoms with van der Waals surface area (Å²) >= 11 is 3.22. The number of non-ortho nitro benzene ring substituents is 1. The number of nitro groups is 1. The van der Waals surface area contributed by atoms with E-state index in [2.05, 4.69) is 31.2 Å². The van der Waals surface area contributed by atoms with E-state index >= 15 is 0 Å². The molecule has 0 aliphatic carbocycles. The molecule has 1 aromatic heterocycles. The van der Waals surface area contributed by atoms with Gasteiger partial charge in [0, 0.05) is 17.1 Å². The Morgan fingerprint density at radius 3 is 2.81 bits per heavy atom. The maximum atomic E-state index is 10.9. The van der Waals surface area contributed by atoms with Gasteiger partial charge in [0.1, 0.15) is 17.9 Å². The highest BCUT2D eigenvalue weighted by Crippen LogP contribution is 2.31. The van der Waals surface area contributed by atoms with Gasteiger partial charge in [-0.25, -0.2) is 9.97 Å². The van der Waals surface area contributed by atoms with Crippen LogP contribution in [0, 0.1) is 17.0 Å². The van der Waals surface area contributed by atoms with Crippen molar-refractivity contribution in [3.63, 3.8) is 0 Å². The molecule has 2 rings (SSSR count). The van der Waals surface area contributed by atoms with Crippen LogP contribution in [0.2, 0.25) is 0 Å². The molecule has 0 saturated carbocycles. The van der Waals surface area contributed by atoms with Gasteiger partial charge < -0.3 is 10.1 Å². The van der Waals surface area contributed by atoms with E-state index in [4.69, 9.17) is 4.74 Å². The van der Waals surface area contributed by atoms with Crippen LogP contribution >= 0.6 is 15.9 Å². The Hall–Kier alpha value is -2.22. The Labute approximate surface area is 129 Å². The topological polar surface area (TPSA) is 90.2 Å². The number of hydrogen-bond acceptors (Lipinski definition) is 6. The van der Waals surface area contributed by atoms with E-state index in [1.807, 2.05) is 13.8 Å². The van der Waals surface area contributed by atoms with Crippen LogP contribution in [0.3, 0.4) is 0 Å². The quantitative estimate of drug-likeness (QED) is 0.651. The molecule has 2 aromatic rings. The monoisotopic (exact) mass is 352 g/mol. The van der Waals surface area contributed by atoms with Crippen molar-refractivity contribution < 1.29 is 9.66 Å². The highest BCUT2D eigenvalue weighted by molar-refractivity contribution is 9.10. The van der Waals surface area contributed by atoms with Crippen molar-refractivity contribution in [1.82, 2.24) is 9.97 Å². The summed E-state index contributed by atoms with van der Waals surface area (Å²) in [5.74, 6) is 1.36. The van der Waals surface area contributed by atoms with Gasteiger partial charge in [-0.05, 0) is 19.9 Å². The second-order valence-electron chi connectivity index (χ2n) is 4.19. The highest BCUT2D eigenvalue weighted by Gasteiger charge is 2.13. The van der Waals surface area contributed by atoms with E-state index in [9.17, 15) is 10.1 Å². The molecular formula is C13H13BrN4O3. The van der Waals surface area contributed by atoms with Gasteiger partial charge in [-0.1, -0.05) is 15.9 Å². The first kappa shape index (κ1) is 15.2. The van der Waals surface area contributed by atoms with Gasteiger partial charge in [0.05, 0.1) is 16.6 Å². The summed E-state index contributed by atoms with van der Waals surface area (Å²) in [6.45, 7) is 4.50. The lowest BCUT2D eigenvalue weighted by atomic mass is 10.3. The zero-order valence-electron chi connectivity index (χ0n) is 11.5. The molecule has 110 valence electrons. The molecule has 0 saturated heterocycles. The number of nitrogens with one attached hydrogen (secondary N) is 1. The van der Waals surface area contributed by atoms with Crippen molar-refractivity contribution in [1.29, 1.82) is 0 Å². The summed E-state index contributed by atoms with van der Waals surface area (Å²) in [4.78, 5) is 18.6. The number of benzene rings is 1. The molecule has 7 nitrogen and oxygen atoms in total. The Morgan fingerprint density at radius 1 is 1.38 bits per heavy atom. The van der Waals surface area contributed by atoms with Gasteiger partial charge in [0.25, 0.3) is 5.69 Å². The number of aromatic nitrogens is 2. The Balaban J connectivity index is 2.34. The number of nitrogens with zero attached hydrogens (tertiary/aromatic N) is 3. The highest BCUT2D eigenvalue weighted by atomic mass is 79.9. The minimum absolute atomic E-state index is 0.0574. The van der Waals surface area contributed by atoms with E-state index in [0.717, 1.165) is 12.1 Å². The van der Waals surface area contributed by atoms with Crippen molar-refractivity contribution in [2.24, 2.45) is 0 Å². The molecular weight excluding hydrogens is 340 g/mol. The Kier molecular flexibility index (Phi) is 4.69. The largest absolute Gasteiger partial charge is 0.438 e. The summed E-state index contributed by atoms with van der Waals surface area (Å²) < 4.78 is 6.20. The van der Waals surface area contributed by atoms with Gasteiger partial charge in [-0.3, -0.25) is 10.1 Å². The maximum Gasteiger partial charge on any atom is 0.274 e. The average molecular weight is 353 g/mol. The number of hydrogen-bond donors (Lipinski definition) is 1. The Morgan fingerprint density at radius 2 is 2.14 bits per heavy atom. The molecule has 1 N–H and O–H groups in total. The van der Waals surface area contributed by atoms with Crippen LogP contribution in [0.15, 0.2) is 29.0 Å². The molecule has 0 bridgehead atoms. The van der Waals surface area contributed by atoms with Gasteiger partial charge >= 0.3 is 0 Å². The van der Waals surface area contributed by atoms with E-state index in [1.54, 1.807) is 6.07 Å². The van der Waals surface area contributed by atoms with E-state index in [-0.39, 0.29) is 5.69 Å². The first-order valence-electron chi connectivity index (χ1n) is 6.19. The molecule has 1 heterocycles. The minimum Gasteiger partial charge on any atom is -0.438 e. The number of nitro benzene ring substituents is 1. The van der Waals surface area contributed by atoms with Gasteiger partial charge in [-0.2, -0.15) is 0 Å². The predicted molar refractivity (Wildman–Crippen MR) is 81.8 cm³/mol. The van der Waals surface area contributed by atoms with Crippen LogP contribution in [0.5, 0.6) is 11.6 Å². The van der Waals surface area contributed by atoms with Crippen LogP contribution in [-0.4, -0.2) is 21.4 Å². The summed E-state index contributed by atoms with van der Waals surface area (Å²) in [6.07, 6.45) is 1.38. The lowest BCUT2D eigenvalue weighted by Gasteiger charge is -2.11. The molecule has 0 aliphatic heterocycles. The number of ether oxygens (including phenoxy) is 1. The third kappa shape index (κ3) is 3.66. The molecule has 21 heavy (non-hydrogen) atoms. The summed E-state index contributed by atoms with van der Waals surface area (Å²) in [5.41, 5.74) is 0.681. The van der Waals surface area contributed by atoms with Crippen LogP contribution < -0.4 is 10.1 Å². The first-order valence-corrected chi connectivity index (χ1v) is 6.99. The van der Waals surface area contributed by atoms with Gasteiger partial charge in [0.15, 0.2) is 0 Å². The van der Waals surface area contributed by atoms with Gasteiger partial charge in [0.2, 0.25) is 5.88 Å².